The number of allylic oxidation sites excluding steroid dienone is 24. The molecule has 0 heterocycles. The Kier molecular flexibility index (Phi) is 54.7. The Morgan fingerprint density at radius 1 is 0.397 bits per heavy atom. The van der Waals surface area contributed by atoms with E-state index < -0.39 is 24.3 Å². The standard InChI is InChI=1S/C69H111NO8/c1-6-8-10-12-14-16-18-20-22-24-26-27-28-29-30-31-32-33-34-35-36-37-38-39-40-41-42-44-46-48-50-52-54-56-58-60-67(72)78-65(64-77-69(68(73)74)75-62-61-70(3,4)5)63-76-66(71)59-57-55-53-51-49-47-45-43-25-23-21-19-17-15-13-11-9-7-2/h8,10,14,16-17,19-20,22-23,25-27,29-30,32-33,35-36,38-39,41-42,46,48,65,69H,6-7,9,11-13,15,18,21,24,28,31,34,37,40,43-45,47,49-64H2,1-5H3/b10-8-,16-14-,19-17-,22-20-,25-23-,27-26-,30-29-,33-32-,36-35-,39-38-,42-41-,48-46-. The Bertz CT molecular complexity index is 1780. The number of nitrogens with zero attached hydrogens (tertiary/aromatic N) is 1. The number of hydrogen-bond acceptors (Lipinski definition) is 8. The summed E-state index contributed by atoms with van der Waals surface area (Å²) in [5.74, 6) is -2.35. The normalized spacial score (nSPS) is 13.8. The molecule has 0 saturated heterocycles. The molecule has 78 heavy (non-hydrogen) atoms. The highest BCUT2D eigenvalue weighted by Crippen LogP contribution is 2.13. The van der Waals surface area contributed by atoms with Gasteiger partial charge in [0.2, 0.25) is 0 Å². The second-order valence-corrected chi connectivity index (χ2v) is 20.9. The number of hydrogen-bond donors (Lipinski definition) is 0. The smallest absolute Gasteiger partial charge is 0.306 e. The lowest BCUT2D eigenvalue weighted by Crippen LogP contribution is -2.44. The number of carboxylic acids is 1. The molecule has 0 aromatic rings. The lowest BCUT2D eigenvalue weighted by atomic mass is 10.1. The van der Waals surface area contributed by atoms with Crippen LogP contribution in [0.3, 0.4) is 0 Å². The molecule has 2 atom stereocenters. The van der Waals surface area contributed by atoms with Crippen molar-refractivity contribution >= 4 is 17.9 Å². The predicted octanol–water partition coefficient (Wildman–Crippen LogP) is 17.1. The van der Waals surface area contributed by atoms with Gasteiger partial charge in [-0.25, -0.2) is 0 Å². The van der Waals surface area contributed by atoms with Gasteiger partial charge in [-0.1, -0.05) is 224 Å². The Balaban J connectivity index is 4.32. The summed E-state index contributed by atoms with van der Waals surface area (Å²) in [6.07, 6.45) is 81.8. The van der Waals surface area contributed by atoms with E-state index in [1.807, 2.05) is 21.1 Å². The van der Waals surface area contributed by atoms with E-state index in [1.165, 1.54) is 51.4 Å². The maximum absolute atomic E-state index is 12.9. The van der Waals surface area contributed by atoms with Gasteiger partial charge in [0.1, 0.15) is 13.2 Å². The molecular formula is C69H111NO8. The number of ether oxygens (including phenoxy) is 4. The fourth-order valence-electron chi connectivity index (χ4n) is 7.65. The summed E-state index contributed by atoms with van der Waals surface area (Å²) in [7, 11) is 5.90. The van der Waals surface area contributed by atoms with Gasteiger partial charge in [-0.05, 0) is 122 Å². The lowest BCUT2D eigenvalue weighted by Gasteiger charge is -2.26. The molecule has 9 nitrogen and oxygen atoms in total. The van der Waals surface area contributed by atoms with E-state index in [2.05, 4.69) is 160 Å². The average molecular weight is 1080 g/mol. The summed E-state index contributed by atoms with van der Waals surface area (Å²) >= 11 is 0. The van der Waals surface area contributed by atoms with Gasteiger partial charge in [0.05, 0.1) is 40.3 Å². The minimum atomic E-state index is -1.64. The highest BCUT2D eigenvalue weighted by molar-refractivity contribution is 5.70. The Morgan fingerprint density at radius 2 is 0.731 bits per heavy atom. The van der Waals surface area contributed by atoms with Crippen molar-refractivity contribution in [3.63, 3.8) is 0 Å². The lowest BCUT2D eigenvalue weighted by molar-refractivity contribution is -0.870. The van der Waals surface area contributed by atoms with E-state index >= 15 is 0 Å². The summed E-state index contributed by atoms with van der Waals surface area (Å²) < 4.78 is 22.7. The molecule has 9 heteroatoms. The van der Waals surface area contributed by atoms with Gasteiger partial charge in [-0.15, -0.1) is 0 Å². The van der Waals surface area contributed by atoms with E-state index in [4.69, 9.17) is 18.9 Å². The molecule has 0 radical (unpaired) electrons. The summed E-state index contributed by atoms with van der Waals surface area (Å²) in [6, 6.07) is 0. The van der Waals surface area contributed by atoms with Crippen LogP contribution in [0.5, 0.6) is 0 Å². The molecule has 0 spiro atoms. The van der Waals surface area contributed by atoms with Gasteiger partial charge in [-0.2, -0.15) is 0 Å². The van der Waals surface area contributed by atoms with Crippen LogP contribution in [0.1, 0.15) is 213 Å². The number of unbranched alkanes of at least 4 members (excludes halogenated alkanes) is 15. The van der Waals surface area contributed by atoms with Gasteiger partial charge in [-0.3, -0.25) is 9.59 Å². The molecule has 0 aliphatic rings. The summed E-state index contributed by atoms with van der Waals surface area (Å²) in [5.41, 5.74) is 0. The molecule has 0 fully saturated rings. The second kappa shape index (κ2) is 58.3. The van der Waals surface area contributed by atoms with E-state index in [0.717, 1.165) is 128 Å². The Hall–Kier alpha value is -4.83. The van der Waals surface area contributed by atoms with Gasteiger partial charge in [0, 0.05) is 12.8 Å². The van der Waals surface area contributed by atoms with Crippen molar-refractivity contribution in [2.24, 2.45) is 0 Å². The predicted molar refractivity (Wildman–Crippen MR) is 329 cm³/mol. The number of rotatable bonds is 54. The molecule has 0 rings (SSSR count). The molecule has 0 aliphatic carbocycles. The van der Waals surface area contributed by atoms with Gasteiger partial charge in [0.15, 0.2) is 12.4 Å². The first kappa shape index (κ1) is 73.2. The van der Waals surface area contributed by atoms with Crippen LogP contribution in [-0.2, 0) is 33.3 Å². The maximum Gasteiger partial charge on any atom is 0.306 e. The zero-order valence-corrected chi connectivity index (χ0v) is 50.0. The van der Waals surface area contributed by atoms with Crippen molar-refractivity contribution < 1.29 is 42.9 Å². The van der Waals surface area contributed by atoms with Crippen molar-refractivity contribution in [1.82, 2.24) is 0 Å². The van der Waals surface area contributed by atoms with Gasteiger partial charge in [0.25, 0.3) is 0 Å². The topological polar surface area (TPSA) is 111 Å². The van der Waals surface area contributed by atoms with Crippen molar-refractivity contribution in [2.75, 3.05) is 47.5 Å². The molecular weight excluding hydrogens is 971 g/mol. The van der Waals surface area contributed by atoms with E-state index in [1.54, 1.807) is 0 Å². The van der Waals surface area contributed by atoms with E-state index in [9.17, 15) is 19.5 Å². The number of likely N-dealkylation sites (N-methyl/N-ethyl adjacent to an activating group) is 1. The van der Waals surface area contributed by atoms with Crippen LogP contribution in [0.25, 0.3) is 0 Å². The Labute approximate surface area is 477 Å². The fraction of sp³-hybridized carbons (Fsp3) is 0.609. The first-order chi connectivity index (χ1) is 38.1. The molecule has 2 unspecified atom stereocenters. The third-order valence-corrected chi connectivity index (χ3v) is 12.3. The maximum atomic E-state index is 12.9. The number of carbonyl (C=O) groups is 3. The van der Waals surface area contributed by atoms with E-state index in [0.29, 0.717) is 17.4 Å². The first-order valence-electron chi connectivity index (χ1n) is 30.5. The molecule has 0 bridgehead atoms. The number of carbonyl (C=O) groups excluding carboxylic acids is 3. The van der Waals surface area contributed by atoms with Gasteiger partial charge < -0.3 is 33.3 Å². The fourth-order valence-corrected chi connectivity index (χ4v) is 7.65. The number of carboxylic acid groups (broad SMARTS) is 1. The summed E-state index contributed by atoms with van der Waals surface area (Å²) in [6.45, 7) is 4.55. The summed E-state index contributed by atoms with van der Waals surface area (Å²) in [5, 5.41) is 11.8. The summed E-state index contributed by atoms with van der Waals surface area (Å²) in [4.78, 5) is 37.3. The highest BCUT2D eigenvalue weighted by Gasteiger charge is 2.22. The van der Waals surface area contributed by atoms with Crippen LogP contribution in [0, 0.1) is 0 Å². The third-order valence-electron chi connectivity index (χ3n) is 12.3. The van der Waals surface area contributed by atoms with Crippen molar-refractivity contribution in [3.05, 3.63) is 146 Å². The SMILES string of the molecule is CC/C=C\C/C=C\C/C=C\C/C=C\C/C=C\C/C=C\C/C=C\C/C=C\C/C=C\C/C=C\CCCCCCC(=O)OC(COC(=O)CCCCCCCCC/C=C\C/C=C\CCCCCC)COC(OCC[N+](C)(C)C)C(=O)[O-]. The van der Waals surface area contributed by atoms with Gasteiger partial charge >= 0.3 is 11.9 Å². The largest absolute Gasteiger partial charge is 0.545 e. The molecule has 0 amide bonds. The van der Waals surface area contributed by atoms with E-state index in [-0.39, 0.29) is 38.6 Å². The highest BCUT2D eigenvalue weighted by atomic mass is 16.7. The molecule has 440 valence electrons. The monoisotopic (exact) mass is 1080 g/mol. The Morgan fingerprint density at radius 3 is 1.09 bits per heavy atom. The van der Waals surface area contributed by atoms with Crippen molar-refractivity contribution in [3.8, 4) is 0 Å². The number of quaternary nitrogens is 1. The minimum absolute atomic E-state index is 0.133. The second-order valence-electron chi connectivity index (χ2n) is 20.9. The van der Waals surface area contributed by atoms with Crippen LogP contribution in [0.4, 0.5) is 0 Å². The average Bonchev–Trinajstić information content (AvgIpc) is 3.41. The van der Waals surface area contributed by atoms with Crippen molar-refractivity contribution in [2.45, 2.75) is 225 Å². The minimum Gasteiger partial charge on any atom is -0.545 e. The molecule has 0 saturated carbocycles. The van der Waals surface area contributed by atoms with Crippen LogP contribution < -0.4 is 5.11 Å². The zero-order chi connectivity index (χ0) is 56.9. The third kappa shape index (κ3) is 58.8. The van der Waals surface area contributed by atoms with Crippen LogP contribution in [0.15, 0.2) is 146 Å². The van der Waals surface area contributed by atoms with Crippen LogP contribution in [0.2, 0.25) is 0 Å². The number of esters is 2. The number of aliphatic carboxylic acids is 1. The van der Waals surface area contributed by atoms with Crippen LogP contribution in [-0.4, -0.2) is 82.3 Å². The zero-order valence-electron chi connectivity index (χ0n) is 50.0. The molecule has 0 N–H and O–H groups in total. The van der Waals surface area contributed by atoms with Crippen molar-refractivity contribution in [1.29, 1.82) is 0 Å². The molecule has 0 aromatic heterocycles. The molecule has 0 aromatic carbocycles. The quantitative estimate of drug-likeness (QED) is 0.0195. The molecule has 0 aliphatic heterocycles. The first-order valence-corrected chi connectivity index (χ1v) is 30.5. The van der Waals surface area contributed by atoms with Crippen LogP contribution >= 0.6 is 0 Å².